The first-order valence-corrected chi connectivity index (χ1v) is 13.8. The largest absolute Gasteiger partial charge is 0.332 e. The summed E-state index contributed by atoms with van der Waals surface area (Å²) in [4.78, 5) is 28.3. The summed E-state index contributed by atoms with van der Waals surface area (Å²) in [5, 5.41) is 22.2. The fourth-order valence-corrected chi connectivity index (χ4v) is 5.25. The molecule has 3 aromatic carbocycles. The van der Waals surface area contributed by atoms with Gasteiger partial charge in [-0.25, -0.2) is 10.4 Å². The molecule has 0 radical (unpaired) electrons. The number of hydrogen-bond acceptors (Lipinski definition) is 7. The van der Waals surface area contributed by atoms with Crippen molar-refractivity contribution in [2.75, 3.05) is 5.32 Å². The molecule has 2 heterocycles. The first-order chi connectivity index (χ1) is 19.7. The number of nitrogens with zero attached hydrogens (tertiary/aromatic N) is 4. The van der Waals surface area contributed by atoms with E-state index in [1.165, 1.54) is 11.3 Å². The van der Waals surface area contributed by atoms with Crippen LogP contribution in [0.5, 0.6) is 0 Å². The molecule has 0 bridgehead atoms. The highest BCUT2D eigenvalue weighted by molar-refractivity contribution is 7.14. The number of benzene rings is 3. The van der Waals surface area contributed by atoms with Gasteiger partial charge in [-0.3, -0.25) is 14.9 Å². The number of carbonyl (C=O) groups excluding carboxylic acids is 1. The van der Waals surface area contributed by atoms with Crippen LogP contribution in [0.15, 0.2) is 83.3 Å². The maximum Gasteiger partial charge on any atom is 0.274 e. The topological polar surface area (TPSA) is 114 Å². The second-order valence-electron chi connectivity index (χ2n) is 9.34. The highest BCUT2D eigenvalue weighted by Crippen LogP contribution is 2.28. The Kier molecular flexibility index (Phi) is 7.95. The lowest BCUT2D eigenvalue weighted by Gasteiger charge is -2.10. The maximum atomic E-state index is 12.7. The zero-order chi connectivity index (χ0) is 29.1. The third-order valence-electron chi connectivity index (χ3n) is 6.53. The zero-order valence-corrected chi connectivity index (χ0v) is 24.0. The zero-order valence-electron chi connectivity index (χ0n) is 22.4. The lowest BCUT2D eigenvalue weighted by Crippen LogP contribution is -2.17. The minimum Gasteiger partial charge on any atom is -0.332 e. The van der Waals surface area contributed by atoms with E-state index in [2.05, 4.69) is 20.8 Å². The summed E-state index contributed by atoms with van der Waals surface area (Å²) < 4.78 is 1.92. The summed E-state index contributed by atoms with van der Waals surface area (Å²) in [6.45, 7) is 5.52. The van der Waals surface area contributed by atoms with E-state index in [1.807, 2.05) is 72.3 Å². The molecule has 2 N–H and O–H groups in total. The molecule has 0 spiro atoms. The summed E-state index contributed by atoms with van der Waals surface area (Å²) in [5.41, 5.74) is 9.46. The van der Waals surface area contributed by atoms with Crippen molar-refractivity contribution in [3.63, 3.8) is 0 Å². The SMILES string of the molecule is Cc1ccc(-n2c(C)cc(/C=N\NC(=O)c3ccc(-c4csc(Nc5ccc(Cl)cc5)n4)cc3)c2C)cc1[N+](=O)[O-]. The van der Waals surface area contributed by atoms with E-state index in [0.717, 1.165) is 39.0 Å². The number of nitrogens with one attached hydrogen (secondary N) is 2. The van der Waals surface area contributed by atoms with Crippen molar-refractivity contribution >= 4 is 51.6 Å². The molecule has 2 aromatic heterocycles. The number of nitro groups is 1. The van der Waals surface area contributed by atoms with Gasteiger partial charge in [0, 0.05) is 55.8 Å². The van der Waals surface area contributed by atoms with Crippen LogP contribution in [-0.4, -0.2) is 26.6 Å². The second-order valence-corrected chi connectivity index (χ2v) is 10.6. The third-order valence-corrected chi connectivity index (χ3v) is 7.54. The molecule has 0 aliphatic heterocycles. The second kappa shape index (κ2) is 11.7. The minimum absolute atomic E-state index is 0.0633. The van der Waals surface area contributed by atoms with Crippen LogP contribution in [0.25, 0.3) is 16.9 Å². The number of halogens is 1. The molecule has 0 aliphatic carbocycles. The van der Waals surface area contributed by atoms with Crippen molar-refractivity contribution in [3.05, 3.63) is 121 Å². The van der Waals surface area contributed by atoms with Gasteiger partial charge in [0.2, 0.25) is 0 Å². The number of amides is 1. The third kappa shape index (κ3) is 6.19. The summed E-state index contributed by atoms with van der Waals surface area (Å²) >= 11 is 7.43. The molecule has 0 aliphatic rings. The van der Waals surface area contributed by atoms with Crippen LogP contribution in [0.4, 0.5) is 16.5 Å². The molecular formula is C30H25ClN6O3S. The molecule has 11 heteroatoms. The van der Waals surface area contributed by atoms with Crippen LogP contribution in [0.3, 0.4) is 0 Å². The molecule has 0 unspecified atom stereocenters. The standard InChI is InChI=1S/C30H25ClN6O3S/c1-18-4-13-26(15-28(18)37(39)40)36-19(2)14-23(20(36)3)16-32-35-29(38)22-7-5-21(6-8-22)27-17-41-30(34-27)33-25-11-9-24(31)10-12-25/h4-17H,1-3H3,(H,33,34)(H,35,38)/b32-16-. The van der Waals surface area contributed by atoms with Crippen LogP contribution >= 0.6 is 22.9 Å². The number of hydrazone groups is 1. The van der Waals surface area contributed by atoms with Gasteiger partial charge < -0.3 is 9.88 Å². The highest BCUT2D eigenvalue weighted by Gasteiger charge is 2.15. The van der Waals surface area contributed by atoms with Crippen molar-refractivity contribution in [2.45, 2.75) is 20.8 Å². The summed E-state index contributed by atoms with van der Waals surface area (Å²) in [6, 6.07) is 21.6. The Labute approximate surface area is 245 Å². The molecule has 206 valence electrons. The Morgan fingerprint density at radius 3 is 2.49 bits per heavy atom. The molecule has 5 aromatic rings. The molecule has 41 heavy (non-hydrogen) atoms. The lowest BCUT2D eigenvalue weighted by atomic mass is 10.1. The van der Waals surface area contributed by atoms with Crippen molar-refractivity contribution in [2.24, 2.45) is 5.10 Å². The summed E-state index contributed by atoms with van der Waals surface area (Å²) in [6.07, 6.45) is 1.57. The van der Waals surface area contributed by atoms with Crippen LogP contribution in [-0.2, 0) is 0 Å². The van der Waals surface area contributed by atoms with E-state index < -0.39 is 0 Å². The van der Waals surface area contributed by atoms with E-state index in [4.69, 9.17) is 11.6 Å². The van der Waals surface area contributed by atoms with Gasteiger partial charge in [0.15, 0.2) is 5.13 Å². The number of anilines is 2. The summed E-state index contributed by atoms with van der Waals surface area (Å²) in [7, 11) is 0. The maximum absolute atomic E-state index is 12.7. The van der Waals surface area contributed by atoms with Gasteiger partial charge in [-0.05, 0) is 69.3 Å². The van der Waals surface area contributed by atoms with Gasteiger partial charge in [0.1, 0.15) is 0 Å². The van der Waals surface area contributed by atoms with E-state index >= 15 is 0 Å². The van der Waals surface area contributed by atoms with Crippen molar-refractivity contribution in [1.82, 2.24) is 15.0 Å². The fourth-order valence-electron chi connectivity index (χ4n) is 4.39. The smallest absolute Gasteiger partial charge is 0.274 e. The van der Waals surface area contributed by atoms with E-state index in [-0.39, 0.29) is 16.5 Å². The van der Waals surface area contributed by atoms with Gasteiger partial charge >= 0.3 is 0 Å². The number of carbonyl (C=O) groups is 1. The number of hydrogen-bond donors (Lipinski definition) is 2. The Balaban J connectivity index is 1.24. The average Bonchev–Trinajstić information content (AvgIpc) is 3.53. The average molecular weight is 585 g/mol. The molecule has 9 nitrogen and oxygen atoms in total. The predicted molar refractivity (Wildman–Crippen MR) is 164 cm³/mol. The number of thiazole rings is 1. The molecule has 5 rings (SSSR count). The number of nitro benzene ring substituents is 1. The number of aryl methyl sites for hydroxylation is 2. The molecule has 0 saturated heterocycles. The minimum atomic E-state index is -0.383. The Hall–Kier alpha value is -4.80. The first kappa shape index (κ1) is 27.8. The monoisotopic (exact) mass is 584 g/mol. The van der Waals surface area contributed by atoms with E-state index in [0.29, 0.717) is 21.8 Å². The first-order valence-electron chi connectivity index (χ1n) is 12.6. The van der Waals surface area contributed by atoms with Crippen molar-refractivity contribution in [3.8, 4) is 16.9 Å². The Morgan fingerprint density at radius 1 is 1.05 bits per heavy atom. The van der Waals surface area contributed by atoms with Gasteiger partial charge in [-0.15, -0.1) is 11.3 Å². The quantitative estimate of drug-likeness (QED) is 0.111. The van der Waals surface area contributed by atoms with Gasteiger partial charge in [-0.2, -0.15) is 5.10 Å². The molecule has 0 fully saturated rings. The lowest BCUT2D eigenvalue weighted by molar-refractivity contribution is -0.385. The highest BCUT2D eigenvalue weighted by atomic mass is 35.5. The molecular weight excluding hydrogens is 560 g/mol. The van der Waals surface area contributed by atoms with Crippen LogP contribution in [0.2, 0.25) is 5.02 Å². The van der Waals surface area contributed by atoms with Gasteiger partial charge in [-0.1, -0.05) is 29.8 Å². The Bertz CT molecular complexity index is 1780. The molecule has 0 saturated carbocycles. The van der Waals surface area contributed by atoms with E-state index in [1.54, 1.807) is 37.4 Å². The van der Waals surface area contributed by atoms with Crippen LogP contribution < -0.4 is 10.7 Å². The van der Waals surface area contributed by atoms with Gasteiger partial charge in [0.05, 0.1) is 22.5 Å². The van der Waals surface area contributed by atoms with Crippen molar-refractivity contribution < 1.29 is 9.72 Å². The predicted octanol–water partition coefficient (Wildman–Crippen LogP) is 7.60. The molecule has 1 amide bonds. The fraction of sp³-hybridized carbons (Fsp3) is 0.100. The normalized spacial score (nSPS) is 11.1. The van der Waals surface area contributed by atoms with Crippen LogP contribution in [0.1, 0.15) is 32.9 Å². The van der Waals surface area contributed by atoms with Crippen LogP contribution in [0, 0.1) is 30.9 Å². The summed E-state index contributed by atoms with van der Waals surface area (Å²) in [5.74, 6) is -0.348. The Morgan fingerprint density at radius 2 is 1.78 bits per heavy atom. The number of rotatable bonds is 8. The molecule has 0 atom stereocenters. The van der Waals surface area contributed by atoms with E-state index in [9.17, 15) is 14.9 Å². The van der Waals surface area contributed by atoms with Crippen molar-refractivity contribution in [1.29, 1.82) is 0 Å². The number of aromatic nitrogens is 2. The van der Waals surface area contributed by atoms with Gasteiger partial charge in [0.25, 0.3) is 11.6 Å².